The Morgan fingerprint density at radius 3 is 1.35 bits per heavy atom. The summed E-state index contributed by atoms with van der Waals surface area (Å²) in [4.78, 5) is 48.8. The summed E-state index contributed by atoms with van der Waals surface area (Å²) < 4.78 is 33.7. The molecular weight excluding hydrogens is 725 g/mol. The lowest BCUT2D eigenvalue weighted by Gasteiger charge is -2.24. The van der Waals surface area contributed by atoms with Crippen molar-refractivity contribution in [3.63, 3.8) is 0 Å². The molecule has 0 aliphatic carbocycles. The normalized spacial score (nSPS) is 12.3. The number of rotatable bonds is 43. The lowest BCUT2D eigenvalue weighted by atomic mass is 10.1. The van der Waals surface area contributed by atoms with Gasteiger partial charge in [-0.1, -0.05) is 142 Å². The molecule has 0 heterocycles. The molecule has 0 aliphatic heterocycles. The van der Waals surface area contributed by atoms with Crippen molar-refractivity contribution < 1.29 is 52.7 Å². The van der Waals surface area contributed by atoms with Gasteiger partial charge in [0.15, 0.2) is 0 Å². The maximum Gasteiger partial charge on any atom is 0.306 e. The molecule has 0 saturated carbocycles. The summed E-state index contributed by atoms with van der Waals surface area (Å²) in [5, 5.41) is 8.93. The van der Waals surface area contributed by atoms with Crippen molar-refractivity contribution in [2.75, 3.05) is 52.0 Å². The van der Waals surface area contributed by atoms with Crippen molar-refractivity contribution >= 4 is 36.5 Å². The largest absolute Gasteiger partial charge is 0.481 e. The highest BCUT2D eigenvalue weighted by molar-refractivity contribution is 7.80. The van der Waals surface area contributed by atoms with Crippen LogP contribution in [0.5, 0.6) is 0 Å². The zero-order valence-corrected chi connectivity index (χ0v) is 35.8. The Morgan fingerprint density at radius 2 is 0.873 bits per heavy atom. The SMILES string of the molecule is CCCCCCCCCCCCCC(=O)OCC(CC(COC(=O)CCC(=O)O)OCCOCCOCCS)OC(=O)CCCCCCCCCCCCC. The maximum absolute atomic E-state index is 13.0. The smallest absolute Gasteiger partial charge is 0.306 e. The summed E-state index contributed by atoms with van der Waals surface area (Å²) in [6.45, 7) is 5.90. The van der Waals surface area contributed by atoms with Crippen LogP contribution in [0.2, 0.25) is 0 Å². The average molecular weight is 805 g/mol. The number of thiol groups is 1. The van der Waals surface area contributed by atoms with E-state index in [-0.39, 0.29) is 64.0 Å². The Hall–Kier alpha value is -1.89. The van der Waals surface area contributed by atoms with Crippen molar-refractivity contribution in [3.8, 4) is 0 Å². The number of hydrogen-bond donors (Lipinski definition) is 2. The fourth-order valence-corrected chi connectivity index (χ4v) is 6.25. The van der Waals surface area contributed by atoms with Crippen LogP contribution in [-0.2, 0) is 47.6 Å². The number of ether oxygens (including phenoxy) is 6. The van der Waals surface area contributed by atoms with E-state index in [4.69, 9.17) is 33.5 Å². The Morgan fingerprint density at radius 1 is 0.473 bits per heavy atom. The number of hydrogen-bond acceptors (Lipinski definition) is 11. The van der Waals surface area contributed by atoms with E-state index in [9.17, 15) is 19.2 Å². The summed E-state index contributed by atoms with van der Waals surface area (Å²) >= 11 is 4.11. The van der Waals surface area contributed by atoms with E-state index in [1.807, 2.05) is 0 Å². The summed E-state index contributed by atoms with van der Waals surface area (Å²) in [6, 6.07) is 0. The first-order valence-electron chi connectivity index (χ1n) is 21.9. The first-order valence-corrected chi connectivity index (χ1v) is 22.6. The maximum atomic E-state index is 13.0. The van der Waals surface area contributed by atoms with Crippen LogP contribution in [0.1, 0.15) is 187 Å². The highest BCUT2D eigenvalue weighted by Crippen LogP contribution is 2.16. The molecule has 11 nitrogen and oxygen atoms in total. The van der Waals surface area contributed by atoms with E-state index in [0.29, 0.717) is 32.0 Å². The van der Waals surface area contributed by atoms with Gasteiger partial charge in [-0.15, -0.1) is 0 Å². The number of unbranched alkanes of at least 4 members (excludes halogenated alkanes) is 20. The third-order valence-corrected chi connectivity index (χ3v) is 9.57. The first kappa shape index (κ1) is 53.1. The quantitative estimate of drug-likeness (QED) is 0.0263. The van der Waals surface area contributed by atoms with Gasteiger partial charge in [0, 0.05) is 25.0 Å². The number of carbonyl (C=O) groups excluding carboxylic acids is 3. The van der Waals surface area contributed by atoms with E-state index < -0.39 is 24.1 Å². The zero-order valence-electron chi connectivity index (χ0n) is 34.9. The lowest BCUT2D eigenvalue weighted by Crippen LogP contribution is -2.34. The van der Waals surface area contributed by atoms with E-state index >= 15 is 0 Å². The highest BCUT2D eigenvalue weighted by Gasteiger charge is 2.24. The van der Waals surface area contributed by atoms with E-state index in [1.165, 1.54) is 96.3 Å². The van der Waals surface area contributed by atoms with Gasteiger partial charge in [-0.3, -0.25) is 19.2 Å². The van der Waals surface area contributed by atoms with Gasteiger partial charge in [-0.25, -0.2) is 0 Å². The van der Waals surface area contributed by atoms with Gasteiger partial charge < -0.3 is 33.5 Å². The summed E-state index contributed by atoms with van der Waals surface area (Å²) in [6.07, 6.45) is 24.5. The summed E-state index contributed by atoms with van der Waals surface area (Å²) in [5.41, 5.74) is 0. The molecule has 0 aromatic rings. The molecule has 0 spiro atoms. The van der Waals surface area contributed by atoms with Crippen molar-refractivity contribution in [2.45, 2.75) is 199 Å². The molecule has 0 aliphatic rings. The topological polar surface area (TPSA) is 144 Å². The average Bonchev–Trinajstić information content (AvgIpc) is 3.17. The van der Waals surface area contributed by atoms with Crippen LogP contribution in [-0.4, -0.2) is 93.2 Å². The third-order valence-electron chi connectivity index (χ3n) is 9.39. The van der Waals surface area contributed by atoms with Gasteiger partial charge in [-0.05, 0) is 12.8 Å². The highest BCUT2D eigenvalue weighted by atomic mass is 32.1. The second-order valence-electron chi connectivity index (χ2n) is 14.6. The van der Waals surface area contributed by atoms with Gasteiger partial charge in [0.1, 0.15) is 19.3 Å². The molecule has 0 bridgehead atoms. The van der Waals surface area contributed by atoms with Crippen LogP contribution in [0.4, 0.5) is 0 Å². The molecule has 0 radical (unpaired) electrons. The minimum atomic E-state index is -1.10. The molecule has 0 saturated heterocycles. The van der Waals surface area contributed by atoms with Crippen molar-refractivity contribution in [1.29, 1.82) is 0 Å². The molecule has 2 unspecified atom stereocenters. The fraction of sp³-hybridized carbons (Fsp3) is 0.907. The molecule has 1 N–H and O–H groups in total. The summed E-state index contributed by atoms with van der Waals surface area (Å²) in [7, 11) is 0. The molecule has 55 heavy (non-hydrogen) atoms. The zero-order chi connectivity index (χ0) is 40.5. The Kier molecular flexibility index (Phi) is 40.3. The summed E-state index contributed by atoms with van der Waals surface area (Å²) in [5.74, 6) is -1.86. The standard InChI is InChI=1S/C43H80O11S/c1-3-5-7-9-11-13-15-17-19-21-23-25-41(46)53-37-39(54-43(48)26-24-22-20-18-16-14-12-10-8-6-4-2)35-38(36-52-42(47)28-27-40(44)45)51-32-31-49-29-30-50-33-34-55/h38-39,55H,3-37H2,1-2H3,(H,44,45). The van der Waals surface area contributed by atoms with Crippen LogP contribution in [0.15, 0.2) is 0 Å². The molecule has 2 atom stereocenters. The predicted octanol–water partition coefficient (Wildman–Crippen LogP) is 9.99. The second-order valence-corrected chi connectivity index (χ2v) is 15.1. The predicted molar refractivity (Wildman–Crippen MR) is 221 cm³/mol. The van der Waals surface area contributed by atoms with E-state index in [1.54, 1.807) is 0 Å². The van der Waals surface area contributed by atoms with Gasteiger partial charge in [0.25, 0.3) is 0 Å². The van der Waals surface area contributed by atoms with Gasteiger partial charge >= 0.3 is 23.9 Å². The molecule has 0 aromatic heterocycles. The monoisotopic (exact) mass is 805 g/mol. The number of aliphatic carboxylic acids is 1. The molecule has 0 rings (SSSR count). The van der Waals surface area contributed by atoms with Gasteiger partial charge in [0.2, 0.25) is 0 Å². The number of carboxylic acid groups (broad SMARTS) is 1. The first-order chi connectivity index (χ1) is 26.8. The molecular formula is C43H80O11S. The van der Waals surface area contributed by atoms with Gasteiger partial charge in [-0.2, -0.15) is 12.6 Å². The lowest BCUT2D eigenvalue weighted by molar-refractivity contribution is -0.164. The van der Waals surface area contributed by atoms with Crippen LogP contribution < -0.4 is 0 Å². The number of esters is 3. The molecule has 0 fully saturated rings. The van der Waals surface area contributed by atoms with Crippen molar-refractivity contribution in [1.82, 2.24) is 0 Å². The van der Waals surface area contributed by atoms with Crippen molar-refractivity contribution in [2.24, 2.45) is 0 Å². The van der Waals surface area contributed by atoms with Crippen LogP contribution in [0.3, 0.4) is 0 Å². The molecule has 0 amide bonds. The number of carboxylic acids is 1. The van der Waals surface area contributed by atoms with Crippen LogP contribution >= 0.6 is 12.6 Å². The molecule has 0 aromatic carbocycles. The molecule has 12 heteroatoms. The van der Waals surface area contributed by atoms with Crippen LogP contribution in [0.25, 0.3) is 0 Å². The minimum Gasteiger partial charge on any atom is -0.481 e. The Bertz CT molecular complexity index is 904. The van der Waals surface area contributed by atoms with Crippen LogP contribution in [0, 0.1) is 0 Å². The fourth-order valence-electron chi connectivity index (χ4n) is 6.12. The number of carbonyl (C=O) groups is 4. The van der Waals surface area contributed by atoms with E-state index in [2.05, 4.69) is 26.5 Å². The van der Waals surface area contributed by atoms with Gasteiger partial charge in [0.05, 0.1) is 52.0 Å². The Labute approximate surface area is 339 Å². The third kappa shape index (κ3) is 40.1. The Balaban J connectivity index is 5.02. The van der Waals surface area contributed by atoms with Crippen molar-refractivity contribution in [3.05, 3.63) is 0 Å². The van der Waals surface area contributed by atoms with E-state index in [0.717, 1.165) is 44.9 Å². The second kappa shape index (κ2) is 41.7. The molecule has 324 valence electrons. The minimum absolute atomic E-state index is 0.118.